The number of aliphatic hydroxyl groups is 1. The van der Waals surface area contributed by atoms with E-state index in [1.165, 1.54) is 4.90 Å². The summed E-state index contributed by atoms with van der Waals surface area (Å²) in [6.45, 7) is 3.37. The van der Waals surface area contributed by atoms with Crippen molar-refractivity contribution in [2.75, 3.05) is 13.1 Å². The molecule has 0 aliphatic carbocycles. The van der Waals surface area contributed by atoms with Crippen LogP contribution in [0, 0.1) is 5.92 Å². The molecular formula is C8H14F3NO. The maximum Gasteiger partial charge on any atom is 0.404 e. The number of nitrogens with zero attached hydrogens (tertiary/aromatic N) is 1. The van der Waals surface area contributed by atoms with Crippen molar-refractivity contribution >= 4 is 0 Å². The summed E-state index contributed by atoms with van der Waals surface area (Å²) in [5, 5.41) is 8.91. The van der Waals surface area contributed by atoms with Crippen molar-refractivity contribution < 1.29 is 18.3 Å². The quantitative estimate of drug-likeness (QED) is 0.720. The Labute approximate surface area is 75.3 Å². The van der Waals surface area contributed by atoms with Crippen molar-refractivity contribution in [3.63, 3.8) is 0 Å². The van der Waals surface area contributed by atoms with Gasteiger partial charge in [0.05, 0.1) is 6.10 Å². The highest BCUT2D eigenvalue weighted by Gasteiger charge is 2.48. The third-order valence-electron chi connectivity index (χ3n) is 2.25. The number of hydrogen-bond donors (Lipinski definition) is 1. The van der Waals surface area contributed by atoms with E-state index in [1.807, 2.05) is 0 Å². The number of likely N-dealkylation sites (tertiary alicyclic amines) is 1. The summed E-state index contributed by atoms with van der Waals surface area (Å²) in [5.74, 6) is -0.465. The molecule has 0 radical (unpaired) electrons. The summed E-state index contributed by atoms with van der Waals surface area (Å²) in [7, 11) is 0. The average molecular weight is 197 g/mol. The van der Waals surface area contributed by atoms with Crippen molar-refractivity contribution in [2.24, 2.45) is 5.92 Å². The van der Waals surface area contributed by atoms with E-state index in [9.17, 15) is 13.2 Å². The SMILES string of the molecule is CC(C)C(N1CC(O)C1)C(F)(F)F. The minimum atomic E-state index is -4.19. The summed E-state index contributed by atoms with van der Waals surface area (Å²) >= 11 is 0. The minimum Gasteiger partial charge on any atom is -0.390 e. The number of β-amino-alcohol motifs (C(OH)–C–C–N with tert-alkyl or cyclic N) is 1. The first-order valence-corrected chi connectivity index (χ1v) is 4.31. The van der Waals surface area contributed by atoms with Crippen molar-refractivity contribution in [2.45, 2.75) is 32.2 Å². The van der Waals surface area contributed by atoms with E-state index in [0.29, 0.717) is 0 Å². The Morgan fingerprint density at radius 2 is 1.77 bits per heavy atom. The Morgan fingerprint density at radius 1 is 1.31 bits per heavy atom. The second kappa shape index (κ2) is 3.46. The molecule has 1 fully saturated rings. The molecule has 2 nitrogen and oxygen atoms in total. The van der Waals surface area contributed by atoms with Crippen molar-refractivity contribution in [3.8, 4) is 0 Å². The molecule has 13 heavy (non-hydrogen) atoms. The highest BCUT2D eigenvalue weighted by Crippen LogP contribution is 2.32. The molecule has 0 saturated carbocycles. The fourth-order valence-electron chi connectivity index (χ4n) is 1.72. The van der Waals surface area contributed by atoms with Gasteiger partial charge in [0.25, 0.3) is 0 Å². The van der Waals surface area contributed by atoms with Gasteiger partial charge in [-0.2, -0.15) is 13.2 Å². The van der Waals surface area contributed by atoms with Gasteiger partial charge in [-0.05, 0) is 5.92 Å². The van der Waals surface area contributed by atoms with E-state index in [-0.39, 0.29) is 13.1 Å². The molecule has 1 saturated heterocycles. The molecule has 1 atom stereocenters. The second-order valence-electron chi connectivity index (χ2n) is 3.84. The van der Waals surface area contributed by atoms with Gasteiger partial charge in [0.2, 0.25) is 0 Å². The predicted octanol–water partition coefficient (Wildman–Crippen LogP) is 1.25. The fraction of sp³-hybridized carbons (Fsp3) is 1.00. The molecule has 1 heterocycles. The maximum atomic E-state index is 12.4. The van der Waals surface area contributed by atoms with Crippen molar-refractivity contribution in [3.05, 3.63) is 0 Å². The van der Waals surface area contributed by atoms with E-state index >= 15 is 0 Å². The van der Waals surface area contributed by atoms with Crippen molar-refractivity contribution in [1.82, 2.24) is 4.90 Å². The third kappa shape index (κ3) is 2.34. The second-order valence-corrected chi connectivity index (χ2v) is 3.84. The molecule has 0 aromatic rings. The molecule has 0 aromatic heterocycles. The first kappa shape index (κ1) is 10.8. The molecule has 0 bridgehead atoms. The van der Waals surface area contributed by atoms with Crippen LogP contribution in [0.4, 0.5) is 13.2 Å². The molecule has 1 unspecified atom stereocenters. The summed E-state index contributed by atoms with van der Waals surface area (Å²) in [4.78, 5) is 1.27. The van der Waals surface area contributed by atoms with Gasteiger partial charge in [-0.25, -0.2) is 0 Å². The first-order valence-electron chi connectivity index (χ1n) is 4.31. The van der Waals surface area contributed by atoms with Gasteiger partial charge >= 0.3 is 6.18 Å². The van der Waals surface area contributed by atoms with Crippen LogP contribution >= 0.6 is 0 Å². The molecule has 0 aromatic carbocycles. The van der Waals surface area contributed by atoms with Gasteiger partial charge in [-0.1, -0.05) is 13.8 Å². The van der Waals surface area contributed by atoms with Crippen LogP contribution in [0.5, 0.6) is 0 Å². The van der Waals surface area contributed by atoms with Gasteiger partial charge in [0.1, 0.15) is 6.04 Å². The molecule has 78 valence electrons. The maximum absolute atomic E-state index is 12.4. The van der Waals surface area contributed by atoms with Crippen LogP contribution in [0.25, 0.3) is 0 Å². The Bertz CT molecular complexity index is 175. The lowest BCUT2D eigenvalue weighted by Crippen LogP contribution is -2.61. The van der Waals surface area contributed by atoms with E-state index in [1.54, 1.807) is 13.8 Å². The number of halogens is 3. The van der Waals surface area contributed by atoms with Crippen LogP contribution in [-0.2, 0) is 0 Å². The topological polar surface area (TPSA) is 23.5 Å². The molecule has 0 amide bonds. The highest BCUT2D eigenvalue weighted by molar-refractivity contribution is 4.90. The molecule has 1 N–H and O–H groups in total. The minimum absolute atomic E-state index is 0.141. The van der Waals surface area contributed by atoms with Crippen LogP contribution in [0.3, 0.4) is 0 Å². The lowest BCUT2D eigenvalue weighted by Gasteiger charge is -2.44. The normalized spacial score (nSPS) is 23.3. The summed E-state index contributed by atoms with van der Waals surface area (Å²) < 4.78 is 37.3. The van der Waals surface area contributed by atoms with Crippen molar-refractivity contribution in [1.29, 1.82) is 0 Å². The number of aliphatic hydroxyl groups excluding tert-OH is 1. The lowest BCUT2D eigenvalue weighted by molar-refractivity contribution is -0.215. The van der Waals surface area contributed by atoms with Crippen LogP contribution in [0.1, 0.15) is 13.8 Å². The standard InChI is InChI=1S/C8H14F3NO/c1-5(2)7(8(9,10)11)12-3-6(13)4-12/h5-7,13H,3-4H2,1-2H3. The Kier molecular flexibility index (Phi) is 2.87. The lowest BCUT2D eigenvalue weighted by atomic mass is 9.97. The Morgan fingerprint density at radius 3 is 2.00 bits per heavy atom. The summed E-state index contributed by atoms with van der Waals surface area (Å²) in [6, 6.07) is -1.41. The zero-order chi connectivity index (χ0) is 10.2. The third-order valence-corrected chi connectivity index (χ3v) is 2.25. The number of rotatable bonds is 2. The molecule has 1 aliphatic rings. The first-order chi connectivity index (χ1) is 5.82. The fourth-order valence-corrected chi connectivity index (χ4v) is 1.72. The largest absolute Gasteiger partial charge is 0.404 e. The van der Waals surface area contributed by atoms with Crippen LogP contribution in [0.2, 0.25) is 0 Å². The summed E-state index contributed by atoms with van der Waals surface area (Å²) in [5.41, 5.74) is 0. The Hall–Kier alpha value is -0.290. The molecular weight excluding hydrogens is 183 g/mol. The van der Waals surface area contributed by atoms with Crippen LogP contribution in [0.15, 0.2) is 0 Å². The molecule has 1 aliphatic heterocycles. The van der Waals surface area contributed by atoms with E-state index < -0.39 is 24.2 Å². The van der Waals surface area contributed by atoms with E-state index in [0.717, 1.165) is 0 Å². The molecule has 5 heteroatoms. The van der Waals surface area contributed by atoms with E-state index in [4.69, 9.17) is 5.11 Å². The summed E-state index contributed by atoms with van der Waals surface area (Å²) in [6.07, 6.45) is -4.77. The van der Waals surface area contributed by atoms with Crippen LogP contribution < -0.4 is 0 Å². The van der Waals surface area contributed by atoms with Gasteiger partial charge in [-0.3, -0.25) is 4.90 Å². The monoisotopic (exact) mass is 197 g/mol. The number of hydrogen-bond acceptors (Lipinski definition) is 2. The zero-order valence-electron chi connectivity index (χ0n) is 7.67. The van der Waals surface area contributed by atoms with Gasteiger partial charge in [-0.15, -0.1) is 0 Å². The molecule has 0 spiro atoms. The van der Waals surface area contributed by atoms with Gasteiger partial charge in [0.15, 0.2) is 0 Å². The Balaban J connectivity index is 2.59. The van der Waals surface area contributed by atoms with Crippen LogP contribution in [-0.4, -0.2) is 41.4 Å². The smallest absolute Gasteiger partial charge is 0.390 e. The van der Waals surface area contributed by atoms with E-state index in [2.05, 4.69) is 0 Å². The predicted molar refractivity (Wildman–Crippen MR) is 42.3 cm³/mol. The van der Waals surface area contributed by atoms with Gasteiger partial charge < -0.3 is 5.11 Å². The zero-order valence-corrected chi connectivity index (χ0v) is 7.67. The molecule has 1 rings (SSSR count). The highest BCUT2D eigenvalue weighted by atomic mass is 19.4. The average Bonchev–Trinajstić information content (AvgIpc) is 1.79. The number of alkyl halides is 3. The van der Waals surface area contributed by atoms with Gasteiger partial charge in [0, 0.05) is 13.1 Å².